The van der Waals surface area contributed by atoms with Crippen LogP contribution in [0.25, 0.3) is 0 Å². The lowest BCUT2D eigenvalue weighted by Gasteiger charge is -2.55. The molecule has 2 aliphatic heterocycles. The zero-order valence-corrected chi connectivity index (χ0v) is 23.4. The Morgan fingerprint density at radius 3 is 2.44 bits per heavy atom. The van der Waals surface area contributed by atoms with E-state index in [-0.39, 0.29) is 62.4 Å². The van der Waals surface area contributed by atoms with Crippen molar-refractivity contribution in [1.29, 1.82) is 0 Å². The summed E-state index contributed by atoms with van der Waals surface area (Å²) in [6.45, 7) is 4.07. The summed E-state index contributed by atoms with van der Waals surface area (Å²) in [7, 11) is 0. The van der Waals surface area contributed by atoms with E-state index in [4.69, 9.17) is 0 Å². The van der Waals surface area contributed by atoms with E-state index in [0.717, 1.165) is 5.56 Å². The number of hydrogen-bond donors (Lipinski definition) is 3. The third-order valence-corrected chi connectivity index (χ3v) is 7.41. The Morgan fingerprint density at radius 1 is 1.00 bits per heavy atom. The molecule has 0 saturated carbocycles. The Balaban J connectivity index is 1.50. The van der Waals surface area contributed by atoms with E-state index in [9.17, 15) is 29.4 Å². The highest BCUT2D eigenvalue weighted by Gasteiger charge is 2.51. The van der Waals surface area contributed by atoms with Crippen molar-refractivity contribution in [1.82, 2.24) is 30.1 Å². The minimum atomic E-state index is -1.19. The van der Waals surface area contributed by atoms with Crippen LogP contribution in [0.2, 0.25) is 0 Å². The third kappa shape index (κ3) is 6.49. The number of carbonyl (C=O) groups excluding carboxylic acids is 3. The van der Waals surface area contributed by atoms with E-state index >= 15 is 0 Å². The van der Waals surface area contributed by atoms with E-state index < -0.39 is 24.2 Å². The molecule has 3 heterocycles. The Morgan fingerprint density at radius 2 is 1.74 bits per heavy atom. The van der Waals surface area contributed by atoms with Crippen LogP contribution >= 0.6 is 0 Å². The maximum absolute atomic E-state index is 14.0. The number of fused-ring (bicyclic) bond motifs is 1. The van der Waals surface area contributed by atoms with Gasteiger partial charge in [-0.2, -0.15) is 0 Å². The summed E-state index contributed by atoms with van der Waals surface area (Å²) in [5.41, 5.74) is 1.81. The number of aromatic carboxylic acids is 1. The lowest BCUT2D eigenvalue weighted by atomic mass is 9.98. The van der Waals surface area contributed by atoms with Crippen LogP contribution in [0.4, 0.5) is 4.79 Å². The zero-order valence-electron chi connectivity index (χ0n) is 23.4. The monoisotopic (exact) mass is 584 g/mol. The van der Waals surface area contributed by atoms with Crippen molar-refractivity contribution in [3.63, 3.8) is 0 Å². The van der Waals surface area contributed by atoms with Gasteiger partial charge in [0.05, 0.1) is 25.3 Å². The zero-order chi connectivity index (χ0) is 30.5. The fraction of sp³-hybridized carbons (Fsp3) is 0.258. The number of phenols is 1. The smallest absolute Gasteiger partial charge is 0.354 e. The van der Waals surface area contributed by atoms with Crippen molar-refractivity contribution in [2.24, 2.45) is 0 Å². The fourth-order valence-corrected chi connectivity index (χ4v) is 5.44. The van der Waals surface area contributed by atoms with E-state index in [0.29, 0.717) is 11.3 Å². The first-order valence-electron chi connectivity index (χ1n) is 13.8. The highest BCUT2D eigenvalue weighted by molar-refractivity contribution is 5.92. The topological polar surface area (TPSA) is 147 Å². The number of pyridine rings is 1. The third-order valence-electron chi connectivity index (χ3n) is 7.41. The molecular formula is C31H32N6O6. The van der Waals surface area contributed by atoms with Crippen molar-refractivity contribution >= 4 is 23.8 Å². The van der Waals surface area contributed by atoms with Gasteiger partial charge >= 0.3 is 12.0 Å². The Hall–Kier alpha value is -5.23. The van der Waals surface area contributed by atoms with Gasteiger partial charge in [0.25, 0.3) is 0 Å². The van der Waals surface area contributed by atoms with Gasteiger partial charge in [-0.3, -0.25) is 9.59 Å². The van der Waals surface area contributed by atoms with Crippen molar-refractivity contribution in [3.8, 4) is 5.75 Å². The number of piperazine rings is 1. The molecule has 2 aromatic carbocycles. The molecule has 3 N–H and O–H groups in total. The number of carboxylic acids is 1. The van der Waals surface area contributed by atoms with Crippen molar-refractivity contribution < 1.29 is 29.4 Å². The number of nitrogens with zero attached hydrogens (tertiary/aromatic N) is 5. The molecule has 12 nitrogen and oxygen atoms in total. The maximum Gasteiger partial charge on any atom is 0.354 e. The van der Waals surface area contributed by atoms with Gasteiger partial charge in [-0.25, -0.2) is 24.6 Å². The molecule has 2 atom stereocenters. The van der Waals surface area contributed by atoms with E-state index in [2.05, 4.69) is 16.9 Å². The number of urea groups is 1. The van der Waals surface area contributed by atoms with Crippen LogP contribution in [-0.2, 0) is 29.1 Å². The first-order chi connectivity index (χ1) is 20.7. The molecule has 0 radical (unpaired) electrons. The Labute approximate surface area is 248 Å². The summed E-state index contributed by atoms with van der Waals surface area (Å²) in [4.78, 5) is 60.1. The molecule has 43 heavy (non-hydrogen) atoms. The Kier molecular flexibility index (Phi) is 8.67. The van der Waals surface area contributed by atoms with Gasteiger partial charge in [0.15, 0.2) is 0 Å². The van der Waals surface area contributed by atoms with Gasteiger partial charge < -0.3 is 25.3 Å². The molecule has 1 aromatic heterocycles. The number of aromatic hydroxyl groups is 1. The number of aromatic nitrogens is 1. The quantitative estimate of drug-likeness (QED) is 0.325. The molecule has 5 rings (SSSR count). The molecule has 0 bridgehead atoms. The molecule has 0 spiro atoms. The maximum atomic E-state index is 14.0. The van der Waals surface area contributed by atoms with Crippen LogP contribution in [0, 0.1) is 0 Å². The molecule has 2 unspecified atom stereocenters. The number of amides is 4. The summed E-state index contributed by atoms with van der Waals surface area (Å²) < 4.78 is 0. The van der Waals surface area contributed by atoms with Crippen molar-refractivity contribution in [2.45, 2.75) is 31.7 Å². The number of carboxylic acid groups (broad SMARTS) is 1. The number of rotatable bonds is 9. The first kappa shape index (κ1) is 29.3. The first-order valence-corrected chi connectivity index (χ1v) is 13.8. The summed E-state index contributed by atoms with van der Waals surface area (Å²) in [5, 5.41) is 25.2. The van der Waals surface area contributed by atoms with Crippen molar-refractivity contribution in [2.75, 3.05) is 19.6 Å². The standard InChI is InChI=1S/C31H32N6O6/c1-2-15-35-20-28(39)36-26(16-21-11-13-24(38)14-12-21)29(40)34(18-23-9-6-10-25(33-23)30(41)42)19-27(36)37(35)31(43)32-17-22-7-4-3-5-8-22/h2-14,26-27,38H,1,15-20H2,(H,32,43)(H,41,42). The van der Waals surface area contributed by atoms with E-state index in [1.165, 1.54) is 33.0 Å². The van der Waals surface area contributed by atoms with Crippen LogP contribution in [0.5, 0.6) is 5.75 Å². The fourth-order valence-electron chi connectivity index (χ4n) is 5.44. The minimum Gasteiger partial charge on any atom is -0.508 e. The predicted molar refractivity (Wildman–Crippen MR) is 155 cm³/mol. The second-order valence-corrected chi connectivity index (χ2v) is 10.3. The lowest BCUT2D eigenvalue weighted by Crippen LogP contribution is -2.76. The summed E-state index contributed by atoms with van der Waals surface area (Å²) in [5.74, 6) is -1.80. The number of hydrogen-bond acceptors (Lipinski definition) is 7. The number of benzene rings is 2. The molecule has 222 valence electrons. The molecule has 2 saturated heterocycles. The van der Waals surface area contributed by atoms with E-state index in [1.807, 2.05) is 30.3 Å². The number of carbonyl (C=O) groups is 4. The molecular weight excluding hydrogens is 552 g/mol. The second kappa shape index (κ2) is 12.7. The van der Waals surface area contributed by atoms with Crippen LogP contribution < -0.4 is 5.32 Å². The highest BCUT2D eigenvalue weighted by atomic mass is 16.4. The number of nitrogens with one attached hydrogen (secondary N) is 1. The number of phenolic OH excluding ortho intramolecular Hbond substituents is 1. The second-order valence-electron chi connectivity index (χ2n) is 10.3. The Bertz CT molecular complexity index is 1510. The normalized spacial score (nSPS) is 18.7. The number of hydrazine groups is 1. The van der Waals surface area contributed by atoms with Gasteiger partial charge in [-0.15, -0.1) is 6.58 Å². The largest absolute Gasteiger partial charge is 0.508 e. The molecule has 0 aliphatic carbocycles. The van der Waals surface area contributed by atoms with Crippen LogP contribution in [0.1, 0.15) is 27.3 Å². The average Bonchev–Trinajstić information content (AvgIpc) is 3.00. The molecule has 3 aromatic rings. The predicted octanol–water partition coefficient (Wildman–Crippen LogP) is 2.22. The van der Waals surface area contributed by atoms with Gasteiger partial charge in [0, 0.05) is 19.5 Å². The summed E-state index contributed by atoms with van der Waals surface area (Å²) in [6.07, 6.45) is 0.877. The van der Waals surface area contributed by atoms with Gasteiger partial charge in [-0.05, 0) is 35.4 Å². The minimum absolute atomic E-state index is 0.0223. The molecule has 2 fully saturated rings. The SMILES string of the molecule is C=CCN1CC(=O)N2C(Cc3ccc(O)cc3)C(=O)N(Cc3cccc(C(=O)O)n3)CC2N1C(=O)NCc1ccccc1. The molecule has 12 heteroatoms. The molecule has 4 amide bonds. The summed E-state index contributed by atoms with van der Waals surface area (Å²) in [6, 6.07) is 18.9. The highest BCUT2D eigenvalue weighted by Crippen LogP contribution is 2.29. The lowest BCUT2D eigenvalue weighted by molar-refractivity contribution is -0.189. The van der Waals surface area contributed by atoms with Crippen LogP contribution in [0.3, 0.4) is 0 Å². The van der Waals surface area contributed by atoms with Crippen LogP contribution in [-0.4, -0.2) is 90.7 Å². The van der Waals surface area contributed by atoms with Gasteiger partial charge in [0.1, 0.15) is 23.7 Å². The average molecular weight is 585 g/mol. The van der Waals surface area contributed by atoms with Gasteiger partial charge in [0.2, 0.25) is 11.8 Å². The summed E-state index contributed by atoms with van der Waals surface area (Å²) >= 11 is 0. The van der Waals surface area contributed by atoms with Gasteiger partial charge in [-0.1, -0.05) is 54.6 Å². The van der Waals surface area contributed by atoms with E-state index in [1.54, 1.807) is 35.4 Å². The molecule has 2 aliphatic rings. The van der Waals surface area contributed by atoms with Crippen molar-refractivity contribution in [3.05, 3.63) is 108 Å². The van der Waals surface area contributed by atoms with Crippen LogP contribution in [0.15, 0.2) is 85.5 Å².